The maximum atomic E-state index is 7.50. The zero-order valence-electron chi connectivity index (χ0n) is 22.4. The van der Waals surface area contributed by atoms with E-state index in [-0.39, 0.29) is 0 Å². The average Bonchev–Trinajstić information content (AvgIpc) is 2.69. The molecule has 0 aromatic rings. The van der Waals surface area contributed by atoms with Crippen LogP contribution < -0.4 is 0 Å². The number of nitroso groups, excluding NO2 is 6. The highest BCUT2D eigenvalue weighted by molar-refractivity contribution is 4.52. The predicted molar refractivity (Wildman–Crippen MR) is 147 cm³/mol. The van der Waals surface area contributed by atoms with Gasteiger partial charge in [-0.1, -0.05) is 188 Å². The van der Waals surface area contributed by atoms with Crippen LogP contribution in [0.4, 0.5) is 0 Å². The number of nitrogens with one attached hydrogen (secondary N) is 6. The normalized spacial score (nSPS) is 16.7. The summed E-state index contributed by atoms with van der Waals surface area (Å²) in [4.78, 5) is 45.0. The second-order valence-electron chi connectivity index (χ2n) is 8.49. The molecule has 12 heteroatoms. The molecule has 0 amide bonds. The van der Waals surface area contributed by atoms with E-state index in [4.69, 9.17) is 29.4 Å². The standard InChI is InChI=1S/6C4H8.6HNO/c6*1-2-4-3-1;6*1-2/h6*1-4H2;6*1H. The molecule has 0 aromatic heterocycles. The van der Waals surface area contributed by atoms with E-state index in [0.29, 0.717) is 0 Å². The molecule has 6 fully saturated rings. The molecule has 0 radical (unpaired) electrons. The van der Waals surface area contributed by atoms with Crippen LogP contribution in [-0.2, 0) is 0 Å². The molecule has 6 aliphatic rings. The first kappa shape index (κ1) is 46.9. The van der Waals surface area contributed by atoms with Crippen molar-refractivity contribution >= 4 is 0 Å². The van der Waals surface area contributed by atoms with E-state index >= 15 is 0 Å². The van der Waals surface area contributed by atoms with Crippen molar-refractivity contribution in [1.82, 2.24) is 0 Å². The van der Waals surface area contributed by atoms with Crippen molar-refractivity contribution in [2.75, 3.05) is 0 Å². The average molecular weight is 523 g/mol. The molecular formula is C24H54N6O6. The van der Waals surface area contributed by atoms with Crippen molar-refractivity contribution in [3.63, 3.8) is 0 Å². The monoisotopic (exact) mass is 522 g/mol. The molecule has 0 saturated heterocycles. The summed E-state index contributed by atoms with van der Waals surface area (Å²) in [7, 11) is 0. The zero-order valence-corrected chi connectivity index (χ0v) is 22.4. The Morgan fingerprint density at radius 2 is 0.167 bits per heavy atom. The Kier molecular flexibility index (Phi) is 90.9. The molecule has 0 aromatic carbocycles. The molecule has 6 aliphatic carbocycles. The van der Waals surface area contributed by atoms with Crippen LogP contribution in [0.5, 0.6) is 0 Å². The highest BCUT2D eigenvalue weighted by atomic mass is 16.2. The van der Waals surface area contributed by atoms with Crippen LogP contribution in [-0.4, -0.2) is 0 Å². The minimum absolute atomic E-state index is 1.50. The van der Waals surface area contributed by atoms with Crippen molar-refractivity contribution < 1.29 is 0 Å². The van der Waals surface area contributed by atoms with Gasteiger partial charge in [-0.25, -0.2) is 0 Å². The van der Waals surface area contributed by atoms with E-state index in [1.807, 2.05) is 0 Å². The van der Waals surface area contributed by atoms with Gasteiger partial charge >= 0.3 is 0 Å². The number of rotatable bonds is 0. The topological polar surface area (TPSA) is 246 Å². The van der Waals surface area contributed by atoms with Gasteiger partial charge in [-0.05, 0) is 0 Å². The quantitative estimate of drug-likeness (QED) is 0.168. The maximum absolute atomic E-state index is 7.50. The third-order valence-corrected chi connectivity index (χ3v) is 6.00. The Balaban J connectivity index is -0.0000000695. The predicted octanol–water partition coefficient (Wildman–Crippen LogP) is 11.4. The van der Waals surface area contributed by atoms with E-state index < -0.39 is 0 Å². The smallest absolute Gasteiger partial charge is 0.0533 e. The Labute approximate surface area is 217 Å². The van der Waals surface area contributed by atoms with Crippen LogP contribution >= 0.6 is 0 Å². The van der Waals surface area contributed by atoms with Crippen molar-refractivity contribution in [2.45, 2.75) is 154 Å². The third-order valence-electron chi connectivity index (χ3n) is 6.00. The summed E-state index contributed by atoms with van der Waals surface area (Å²) in [5.74, 6) is 0. The van der Waals surface area contributed by atoms with E-state index in [9.17, 15) is 0 Å². The molecule has 36 heavy (non-hydrogen) atoms. The van der Waals surface area contributed by atoms with Gasteiger partial charge in [-0.2, -0.15) is 29.4 Å². The molecule has 0 heterocycles. The lowest BCUT2D eigenvalue weighted by atomic mass is 10.0. The number of hydrogen-bond donors (Lipinski definition) is 6. The number of hydrogen-bond acceptors (Lipinski definition) is 12. The molecule has 12 nitrogen and oxygen atoms in total. The van der Waals surface area contributed by atoms with Gasteiger partial charge in [-0.15, -0.1) is 0 Å². The highest BCUT2D eigenvalue weighted by Crippen LogP contribution is 2.17. The summed E-state index contributed by atoms with van der Waals surface area (Å²) in [5, 5.41) is 0. The van der Waals surface area contributed by atoms with Gasteiger partial charge < -0.3 is 0 Å². The van der Waals surface area contributed by atoms with E-state index in [2.05, 4.69) is 33.6 Å². The lowest BCUT2D eigenvalue weighted by Gasteiger charge is -2.05. The summed E-state index contributed by atoms with van der Waals surface area (Å²) < 4.78 is 0. The fourth-order valence-electron chi connectivity index (χ4n) is 1.50. The first-order valence-corrected chi connectivity index (χ1v) is 13.2. The minimum Gasteiger partial charge on any atom is -0.154 e. The second-order valence-corrected chi connectivity index (χ2v) is 8.49. The van der Waals surface area contributed by atoms with Crippen molar-refractivity contribution in [1.29, 1.82) is 33.6 Å². The Hall–Kier alpha value is -2.40. The highest BCUT2D eigenvalue weighted by Gasteiger charge is 1.97. The SMILES string of the molecule is C1CCC1.C1CCC1.C1CCC1.C1CCC1.C1CCC1.C1CCC1.N=O.N=O.N=O.N=O.N=O.N=O. The molecule has 6 saturated carbocycles. The Bertz CT molecular complexity index is 214. The lowest BCUT2D eigenvalue weighted by molar-refractivity contribution is 0.504. The molecule has 0 aliphatic heterocycles. The van der Waals surface area contributed by atoms with Crippen LogP contribution in [0, 0.1) is 63.0 Å². The van der Waals surface area contributed by atoms with Gasteiger partial charge in [-0.3, -0.25) is 0 Å². The van der Waals surface area contributed by atoms with Crippen LogP contribution in [0.15, 0.2) is 0 Å². The first-order chi connectivity index (χ1) is 18.0. The van der Waals surface area contributed by atoms with Gasteiger partial charge in [0, 0.05) is 0 Å². The molecule has 0 bridgehead atoms. The van der Waals surface area contributed by atoms with Gasteiger partial charge in [0.1, 0.15) is 0 Å². The maximum Gasteiger partial charge on any atom is -0.0533 e. The molecule has 216 valence electrons. The molecule has 6 N–H and O–H groups in total. The van der Waals surface area contributed by atoms with Gasteiger partial charge in [0.15, 0.2) is 0 Å². The minimum atomic E-state index is 1.50. The zero-order chi connectivity index (χ0) is 29.0. The molecule has 6 rings (SSSR count). The van der Waals surface area contributed by atoms with E-state index in [1.165, 1.54) is 154 Å². The summed E-state index contributed by atoms with van der Waals surface area (Å²) >= 11 is 0. The Morgan fingerprint density at radius 3 is 0.167 bits per heavy atom. The van der Waals surface area contributed by atoms with Gasteiger partial charge in [0.25, 0.3) is 0 Å². The summed E-state index contributed by atoms with van der Waals surface area (Å²) in [6.07, 6.45) is 36.0. The van der Waals surface area contributed by atoms with Crippen LogP contribution in [0.1, 0.15) is 154 Å². The fraction of sp³-hybridized carbons (Fsp3) is 1.00. The van der Waals surface area contributed by atoms with Gasteiger partial charge in [0.2, 0.25) is 0 Å². The first-order valence-electron chi connectivity index (χ1n) is 13.2. The van der Waals surface area contributed by atoms with Crippen molar-refractivity contribution in [3.05, 3.63) is 29.4 Å². The van der Waals surface area contributed by atoms with Crippen molar-refractivity contribution in [2.24, 2.45) is 0 Å². The third kappa shape index (κ3) is 63.4. The summed E-state index contributed by atoms with van der Waals surface area (Å²) in [6.45, 7) is 0. The molecule has 0 atom stereocenters. The van der Waals surface area contributed by atoms with E-state index in [0.717, 1.165) is 0 Å². The van der Waals surface area contributed by atoms with Crippen LogP contribution in [0.2, 0.25) is 0 Å². The molecule has 0 spiro atoms. The second kappa shape index (κ2) is 69.8. The van der Waals surface area contributed by atoms with Gasteiger partial charge in [0.05, 0.1) is 0 Å². The van der Waals surface area contributed by atoms with Crippen molar-refractivity contribution in [3.8, 4) is 0 Å². The van der Waals surface area contributed by atoms with Crippen LogP contribution in [0.3, 0.4) is 0 Å². The summed E-state index contributed by atoms with van der Waals surface area (Å²) in [5.41, 5.74) is 27.0. The fourth-order valence-corrected chi connectivity index (χ4v) is 1.50. The largest absolute Gasteiger partial charge is 0.154 e. The molecule has 0 unspecified atom stereocenters. The van der Waals surface area contributed by atoms with E-state index in [1.54, 1.807) is 0 Å². The lowest BCUT2D eigenvalue weighted by Crippen LogP contribution is -1.85. The summed E-state index contributed by atoms with van der Waals surface area (Å²) in [6, 6.07) is 0. The Morgan fingerprint density at radius 1 is 0.139 bits per heavy atom. The van der Waals surface area contributed by atoms with Crippen LogP contribution in [0.25, 0.3) is 0 Å². The molecular weight excluding hydrogens is 468 g/mol.